The van der Waals surface area contributed by atoms with Gasteiger partial charge in [0.05, 0.1) is 34.5 Å². The number of benzene rings is 1. The smallest absolute Gasteiger partial charge is 0.203 e. The summed E-state index contributed by atoms with van der Waals surface area (Å²) in [6.45, 7) is 7.60. The second-order valence-corrected chi connectivity index (χ2v) is 5.69. The third-order valence-electron chi connectivity index (χ3n) is 4.06. The van der Waals surface area contributed by atoms with Gasteiger partial charge in [-0.15, -0.1) is 0 Å². The van der Waals surface area contributed by atoms with E-state index in [2.05, 4.69) is 17.1 Å². The average molecular weight is 324 g/mol. The number of morpholine rings is 1. The van der Waals surface area contributed by atoms with E-state index < -0.39 is 0 Å². The van der Waals surface area contributed by atoms with Gasteiger partial charge in [0.1, 0.15) is 0 Å². The molecule has 23 heavy (non-hydrogen) atoms. The van der Waals surface area contributed by atoms with Crippen molar-refractivity contribution in [3.05, 3.63) is 17.7 Å². The largest absolute Gasteiger partial charge is 0.493 e. The van der Waals surface area contributed by atoms with E-state index in [1.54, 1.807) is 21.3 Å². The van der Waals surface area contributed by atoms with Gasteiger partial charge < -0.3 is 24.3 Å². The van der Waals surface area contributed by atoms with Crippen molar-refractivity contribution in [2.45, 2.75) is 19.5 Å². The Morgan fingerprint density at radius 3 is 2.39 bits per heavy atom. The van der Waals surface area contributed by atoms with Crippen molar-refractivity contribution < 1.29 is 18.9 Å². The Hall–Kier alpha value is -1.50. The normalized spacial score (nSPS) is 16.9. The summed E-state index contributed by atoms with van der Waals surface area (Å²) in [5.74, 6) is 2.03. The van der Waals surface area contributed by atoms with Crippen LogP contribution in [0.4, 0.5) is 0 Å². The molecular formula is C17H28N2O4. The zero-order valence-electron chi connectivity index (χ0n) is 14.6. The predicted molar refractivity (Wildman–Crippen MR) is 89.7 cm³/mol. The molecular weight excluding hydrogens is 296 g/mol. The van der Waals surface area contributed by atoms with Crippen LogP contribution in [0.25, 0.3) is 0 Å². The molecule has 0 bridgehead atoms. The minimum Gasteiger partial charge on any atom is -0.493 e. The zero-order valence-corrected chi connectivity index (χ0v) is 14.6. The number of nitrogens with zero attached hydrogens (tertiary/aromatic N) is 1. The van der Waals surface area contributed by atoms with Crippen molar-refractivity contribution in [1.29, 1.82) is 0 Å². The fourth-order valence-corrected chi connectivity index (χ4v) is 2.82. The van der Waals surface area contributed by atoms with Crippen LogP contribution >= 0.6 is 0 Å². The molecule has 0 spiro atoms. The van der Waals surface area contributed by atoms with Crippen LogP contribution < -0.4 is 19.5 Å². The number of nitrogens with one attached hydrogen (secondary N) is 1. The van der Waals surface area contributed by atoms with E-state index in [1.165, 1.54) is 0 Å². The van der Waals surface area contributed by atoms with Crippen molar-refractivity contribution >= 4 is 0 Å². The Bertz CT molecular complexity index is 490. The minimum atomic E-state index is 0.380. The molecule has 130 valence electrons. The number of rotatable bonds is 8. The van der Waals surface area contributed by atoms with E-state index in [-0.39, 0.29) is 0 Å². The number of hydrogen-bond donors (Lipinski definition) is 1. The zero-order chi connectivity index (χ0) is 16.7. The van der Waals surface area contributed by atoms with Gasteiger partial charge in [-0.3, -0.25) is 4.90 Å². The van der Waals surface area contributed by atoms with E-state index in [9.17, 15) is 0 Å². The van der Waals surface area contributed by atoms with Gasteiger partial charge in [-0.25, -0.2) is 0 Å². The average Bonchev–Trinajstić information content (AvgIpc) is 2.59. The monoisotopic (exact) mass is 324 g/mol. The van der Waals surface area contributed by atoms with Crippen LogP contribution in [0.3, 0.4) is 0 Å². The molecule has 1 aromatic carbocycles. The second kappa shape index (κ2) is 8.96. The molecule has 1 unspecified atom stereocenters. The van der Waals surface area contributed by atoms with Gasteiger partial charge in [-0.2, -0.15) is 0 Å². The summed E-state index contributed by atoms with van der Waals surface area (Å²) in [6.07, 6.45) is 0. The molecule has 1 aliphatic heterocycles. The lowest BCUT2D eigenvalue weighted by Gasteiger charge is -2.29. The first kappa shape index (κ1) is 17.8. The first-order valence-electron chi connectivity index (χ1n) is 8.01. The molecule has 1 aromatic rings. The van der Waals surface area contributed by atoms with Crippen LogP contribution in [-0.2, 0) is 11.3 Å². The summed E-state index contributed by atoms with van der Waals surface area (Å²) < 4.78 is 21.6. The lowest BCUT2D eigenvalue weighted by atomic mass is 10.1. The van der Waals surface area contributed by atoms with Gasteiger partial charge in [0.25, 0.3) is 0 Å². The topological polar surface area (TPSA) is 52.2 Å². The lowest BCUT2D eigenvalue weighted by Crippen LogP contribution is -2.44. The summed E-state index contributed by atoms with van der Waals surface area (Å²) in [7, 11) is 4.90. The third-order valence-corrected chi connectivity index (χ3v) is 4.06. The first-order chi connectivity index (χ1) is 11.2. The number of ether oxygens (including phenoxy) is 4. The first-order valence-corrected chi connectivity index (χ1v) is 8.01. The number of methoxy groups -OCH3 is 3. The maximum Gasteiger partial charge on any atom is 0.203 e. The molecule has 0 aliphatic carbocycles. The summed E-state index contributed by atoms with van der Waals surface area (Å²) in [6, 6.07) is 4.30. The highest BCUT2D eigenvalue weighted by molar-refractivity contribution is 5.55. The molecule has 6 heteroatoms. The minimum absolute atomic E-state index is 0.380. The summed E-state index contributed by atoms with van der Waals surface area (Å²) in [4.78, 5) is 2.42. The molecule has 0 amide bonds. The van der Waals surface area contributed by atoms with E-state index in [0.29, 0.717) is 17.5 Å². The molecule has 1 aliphatic rings. The third kappa shape index (κ3) is 4.73. The van der Waals surface area contributed by atoms with E-state index in [0.717, 1.165) is 50.7 Å². The Labute approximate surface area is 138 Å². The lowest BCUT2D eigenvalue weighted by molar-refractivity contribution is 0.0343. The van der Waals surface area contributed by atoms with Crippen LogP contribution in [0, 0.1) is 0 Å². The summed E-state index contributed by atoms with van der Waals surface area (Å²) >= 11 is 0. The molecule has 1 saturated heterocycles. The maximum absolute atomic E-state index is 5.52. The van der Waals surface area contributed by atoms with Gasteiger partial charge in [-0.05, 0) is 13.0 Å². The van der Waals surface area contributed by atoms with Crippen molar-refractivity contribution in [3.8, 4) is 17.2 Å². The fraction of sp³-hybridized carbons (Fsp3) is 0.647. The summed E-state index contributed by atoms with van der Waals surface area (Å²) in [5, 5.41) is 3.55. The van der Waals surface area contributed by atoms with E-state index in [1.807, 2.05) is 12.1 Å². The van der Waals surface area contributed by atoms with Crippen LogP contribution in [0.1, 0.15) is 12.5 Å². The van der Waals surface area contributed by atoms with E-state index in [4.69, 9.17) is 18.9 Å². The molecule has 2 rings (SSSR count). The molecule has 1 atom stereocenters. The maximum atomic E-state index is 5.52. The van der Waals surface area contributed by atoms with Crippen molar-refractivity contribution in [2.75, 3.05) is 54.2 Å². The van der Waals surface area contributed by atoms with Crippen LogP contribution in [-0.4, -0.2) is 65.1 Å². The number of hydrogen-bond acceptors (Lipinski definition) is 6. The van der Waals surface area contributed by atoms with Crippen LogP contribution in [0.2, 0.25) is 0 Å². The Kier molecular flexibility index (Phi) is 6.95. The van der Waals surface area contributed by atoms with Gasteiger partial charge in [0.15, 0.2) is 11.5 Å². The van der Waals surface area contributed by atoms with Gasteiger partial charge in [0, 0.05) is 37.8 Å². The Morgan fingerprint density at radius 2 is 1.78 bits per heavy atom. The quantitative estimate of drug-likeness (QED) is 0.782. The SMILES string of the molecule is COc1ccc(CNC(C)CN2CCOCC2)c(OC)c1OC. The van der Waals surface area contributed by atoms with Gasteiger partial charge in [0.2, 0.25) is 5.75 Å². The highest BCUT2D eigenvalue weighted by Gasteiger charge is 2.17. The van der Waals surface area contributed by atoms with Crippen LogP contribution in [0.5, 0.6) is 17.2 Å². The van der Waals surface area contributed by atoms with Gasteiger partial charge in [-0.1, -0.05) is 6.07 Å². The highest BCUT2D eigenvalue weighted by atomic mass is 16.5. The molecule has 0 aromatic heterocycles. The Morgan fingerprint density at radius 1 is 1.09 bits per heavy atom. The standard InChI is InChI=1S/C17H28N2O4/c1-13(12-19-7-9-23-10-8-19)18-11-14-5-6-15(20-2)17(22-4)16(14)21-3/h5-6,13,18H,7-12H2,1-4H3. The molecule has 0 radical (unpaired) electrons. The fourth-order valence-electron chi connectivity index (χ4n) is 2.82. The second-order valence-electron chi connectivity index (χ2n) is 5.69. The van der Waals surface area contributed by atoms with E-state index >= 15 is 0 Å². The molecule has 1 fully saturated rings. The summed E-state index contributed by atoms with van der Waals surface area (Å²) in [5.41, 5.74) is 1.05. The van der Waals surface area contributed by atoms with Crippen molar-refractivity contribution in [1.82, 2.24) is 10.2 Å². The van der Waals surface area contributed by atoms with Crippen LogP contribution in [0.15, 0.2) is 12.1 Å². The van der Waals surface area contributed by atoms with Crippen molar-refractivity contribution in [3.63, 3.8) is 0 Å². The molecule has 0 saturated carbocycles. The molecule has 6 nitrogen and oxygen atoms in total. The molecule has 1 heterocycles. The van der Waals surface area contributed by atoms with Gasteiger partial charge >= 0.3 is 0 Å². The Balaban J connectivity index is 1.96. The highest BCUT2D eigenvalue weighted by Crippen LogP contribution is 2.39. The molecule has 1 N–H and O–H groups in total. The van der Waals surface area contributed by atoms with Crippen molar-refractivity contribution in [2.24, 2.45) is 0 Å². The predicted octanol–water partition coefficient (Wildman–Crippen LogP) is 1.52.